The Kier molecular flexibility index (Phi) is 5.11. The molecule has 0 aliphatic heterocycles. The molecule has 5 nitrogen and oxygen atoms in total. The van der Waals surface area contributed by atoms with Crippen molar-refractivity contribution in [1.82, 2.24) is 5.16 Å². The fourth-order valence-electron chi connectivity index (χ4n) is 5.27. The normalized spacial score (nSPS) is 28.1. The van der Waals surface area contributed by atoms with Crippen molar-refractivity contribution in [3.05, 3.63) is 39.6 Å². The second kappa shape index (κ2) is 7.54. The summed E-state index contributed by atoms with van der Waals surface area (Å²) in [4.78, 5) is 11.9. The van der Waals surface area contributed by atoms with Gasteiger partial charge in [-0.05, 0) is 68.9 Å². The number of benzene rings is 1. The molecule has 2 bridgehead atoms. The van der Waals surface area contributed by atoms with Gasteiger partial charge in [0.15, 0.2) is 0 Å². The van der Waals surface area contributed by atoms with E-state index in [1.165, 1.54) is 0 Å². The number of primary amides is 1. The van der Waals surface area contributed by atoms with Crippen LogP contribution in [-0.4, -0.2) is 17.7 Å². The number of fused-ring (bicyclic) bond motifs is 3. The zero-order valence-corrected chi connectivity index (χ0v) is 18.4. The number of nitrogens with zero attached hydrogens (tertiary/aromatic N) is 1. The van der Waals surface area contributed by atoms with Crippen LogP contribution in [0.3, 0.4) is 0 Å². The first-order valence-corrected chi connectivity index (χ1v) is 11.5. The van der Waals surface area contributed by atoms with Crippen LogP contribution in [0, 0.1) is 10.8 Å². The van der Waals surface area contributed by atoms with Crippen LogP contribution in [0.4, 0.5) is 0 Å². The molecule has 2 aromatic rings. The summed E-state index contributed by atoms with van der Waals surface area (Å²) in [5, 5.41) is 5.45. The second-order valence-corrected chi connectivity index (χ2v) is 10.2. The van der Waals surface area contributed by atoms with Crippen LogP contribution in [0.1, 0.15) is 68.6 Å². The molecule has 1 aromatic heterocycles. The first-order chi connectivity index (χ1) is 14.4. The molecule has 4 aliphatic carbocycles. The van der Waals surface area contributed by atoms with Gasteiger partial charge in [0.25, 0.3) is 0 Å². The lowest BCUT2D eigenvalue weighted by Gasteiger charge is -2.51. The standard InChI is InChI=1S/C23H26Cl2N2O3/c24-16-2-1-3-17(25)18(16)19-15(20(30-27-19)14-4-5-14)12-29-13-22-6-9-23(10-7-22,11-8-22)21(26)28/h1-3,14H,4-13H2,(H2,26,28). The van der Waals surface area contributed by atoms with Crippen molar-refractivity contribution < 1.29 is 14.1 Å². The van der Waals surface area contributed by atoms with Crippen molar-refractivity contribution in [1.29, 1.82) is 0 Å². The van der Waals surface area contributed by atoms with Crippen LogP contribution >= 0.6 is 23.2 Å². The Morgan fingerprint density at radius 2 is 1.77 bits per heavy atom. The molecular weight excluding hydrogens is 423 g/mol. The quantitative estimate of drug-likeness (QED) is 0.574. The highest BCUT2D eigenvalue weighted by Crippen LogP contribution is 2.57. The van der Waals surface area contributed by atoms with Crippen LogP contribution in [0.2, 0.25) is 10.0 Å². The highest BCUT2D eigenvalue weighted by molar-refractivity contribution is 6.39. The first-order valence-electron chi connectivity index (χ1n) is 10.7. The Hall–Kier alpha value is -1.56. The second-order valence-electron chi connectivity index (χ2n) is 9.38. The third-order valence-electron chi connectivity index (χ3n) is 7.55. The molecule has 0 spiro atoms. The van der Waals surface area contributed by atoms with Crippen molar-refractivity contribution in [3.8, 4) is 11.3 Å². The summed E-state index contributed by atoms with van der Waals surface area (Å²) in [5.41, 5.74) is 7.91. The number of carbonyl (C=O) groups excluding carboxylic acids is 1. The van der Waals surface area contributed by atoms with Gasteiger partial charge in [-0.25, -0.2) is 0 Å². The van der Waals surface area contributed by atoms with Crippen LogP contribution in [0.5, 0.6) is 0 Å². The van der Waals surface area contributed by atoms with Gasteiger partial charge in [0.1, 0.15) is 11.5 Å². The van der Waals surface area contributed by atoms with Crippen LogP contribution in [-0.2, 0) is 16.1 Å². The van der Waals surface area contributed by atoms with Gasteiger partial charge in [0, 0.05) is 22.5 Å². The van der Waals surface area contributed by atoms with Crippen molar-refractivity contribution >= 4 is 29.1 Å². The molecule has 0 saturated heterocycles. The molecule has 7 heteroatoms. The summed E-state index contributed by atoms with van der Waals surface area (Å²) >= 11 is 12.9. The molecule has 4 aliphatic rings. The fraction of sp³-hybridized carbons (Fsp3) is 0.565. The summed E-state index contributed by atoms with van der Waals surface area (Å²) in [6, 6.07) is 5.45. The summed E-state index contributed by atoms with van der Waals surface area (Å²) in [6.07, 6.45) is 7.86. The third kappa shape index (κ3) is 3.45. The number of halogens is 2. The monoisotopic (exact) mass is 448 g/mol. The smallest absolute Gasteiger partial charge is 0.223 e. The molecule has 6 rings (SSSR count). The zero-order chi connectivity index (χ0) is 20.9. The van der Waals surface area contributed by atoms with Crippen molar-refractivity contribution in [2.75, 3.05) is 6.61 Å². The lowest BCUT2D eigenvalue weighted by atomic mass is 9.54. The molecule has 4 fully saturated rings. The number of aromatic nitrogens is 1. The lowest BCUT2D eigenvalue weighted by Crippen LogP contribution is -2.49. The van der Waals surface area contributed by atoms with Gasteiger partial charge in [0.05, 0.1) is 23.3 Å². The summed E-state index contributed by atoms with van der Waals surface area (Å²) in [5.74, 6) is 1.18. The van der Waals surface area contributed by atoms with E-state index >= 15 is 0 Å². The van der Waals surface area contributed by atoms with E-state index in [9.17, 15) is 4.79 Å². The fourth-order valence-corrected chi connectivity index (χ4v) is 5.84. The van der Waals surface area contributed by atoms with Gasteiger partial charge in [-0.2, -0.15) is 0 Å². The molecule has 1 aromatic carbocycles. The summed E-state index contributed by atoms with van der Waals surface area (Å²) in [7, 11) is 0. The van der Waals surface area contributed by atoms with Gasteiger partial charge >= 0.3 is 0 Å². The number of ether oxygens (including phenoxy) is 1. The highest BCUT2D eigenvalue weighted by Gasteiger charge is 2.51. The van der Waals surface area contributed by atoms with Crippen molar-refractivity contribution in [3.63, 3.8) is 0 Å². The number of hydrogen-bond donors (Lipinski definition) is 1. The summed E-state index contributed by atoms with van der Waals surface area (Å²) < 4.78 is 12.0. The molecular formula is C23H26Cl2N2O3. The Balaban J connectivity index is 1.34. The maximum Gasteiger partial charge on any atom is 0.223 e. The van der Waals surface area contributed by atoms with E-state index in [0.717, 1.165) is 62.7 Å². The maximum absolute atomic E-state index is 11.9. The Labute approximate surface area is 186 Å². The molecule has 1 amide bonds. The number of nitrogens with two attached hydrogens (primary N) is 1. The van der Waals surface area contributed by atoms with Crippen LogP contribution in [0.25, 0.3) is 11.3 Å². The number of amides is 1. The Morgan fingerprint density at radius 3 is 2.33 bits per heavy atom. The topological polar surface area (TPSA) is 78.4 Å². The van der Waals surface area contributed by atoms with E-state index in [0.29, 0.717) is 40.4 Å². The SMILES string of the molecule is NC(=O)C12CCC(COCc3c(-c4c(Cl)cccc4Cl)noc3C3CC3)(CC1)CC2. The van der Waals surface area contributed by atoms with Crippen LogP contribution in [0.15, 0.2) is 22.7 Å². The molecule has 4 saturated carbocycles. The Bertz CT molecular complexity index is 938. The number of carbonyl (C=O) groups is 1. The molecule has 2 N–H and O–H groups in total. The van der Waals surface area contributed by atoms with E-state index in [1.54, 1.807) is 0 Å². The van der Waals surface area contributed by atoms with Crippen molar-refractivity contribution in [2.24, 2.45) is 16.6 Å². The predicted molar refractivity (Wildman–Crippen MR) is 115 cm³/mol. The van der Waals surface area contributed by atoms with E-state index in [4.69, 9.17) is 38.2 Å². The zero-order valence-electron chi connectivity index (χ0n) is 16.9. The van der Waals surface area contributed by atoms with E-state index < -0.39 is 0 Å². The predicted octanol–water partition coefficient (Wildman–Crippen LogP) is 5.87. The number of rotatable bonds is 7. The maximum atomic E-state index is 11.9. The molecule has 0 atom stereocenters. The average Bonchev–Trinajstić information content (AvgIpc) is 3.51. The highest BCUT2D eigenvalue weighted by atomic mass is 35.5. The molecule has 30 heavy (non-hydrogen) atoms. The van der Waals surface area contributed by atoms with E-state index in [-0.39, 0.29) is 16.7 Å². The average molecular weight is 449 g/mol. The van der Waals surface area contributed by atoms with Gasteiger partial charge in [-0.1, -0.05) is 34.4 Å². The minimum absolute atomic E-state index is 0.128. The van der Waals surface area contributed by atoms with Gasteiger partial charge in [0.2, 0.25) is 5.91 Å². The molecule has 1 heterocycles. The third-order valence-corrected chi connectivity index (χ3v) is 8.18. The van der Waals surface area contributed by atoms with E-state index in [2.05, 4.69) is 5.16 Å². The Morgan fingerprint density at radius 1 is 1.13 bits per heavy atom. The minimum atomic E-state index is -0.274. The minimum Gasteiger partial charge on any atom is -0.376 e. The van der Waals surface area contributed by atoms with Crippen molar-refractivity contribution in [2.45, 2.75) is 63.9 Å². The van der Waals surface area contributed by atoms with Gasteiger partial charge in [-0.15, -0.1) is 0 Å². The number of hydrogen-bond acceptors (Lipinski definition) is 4. The largest absolute Gasteiger partial charge is 0.376 e. The van der Waals surface area contributed by atoms with E-state index in [1.807, 2.05) is 18.2 Å². The molecule has 0 radical (unpaired) electrons. The van der Waals surface area contributed by atoms with Gasteiger partial charge in [-0.3, -0.25) is 4.79 Å². The summed E-state index contributed by atoms with van der Waals surface area (Å²) in [6.45, 7) is 1.10. The first kappa shape index (κ1) is 20.3. The lowest BCUT2D eigenvalue weighted by molar-refractivity contribution is -0.140. The molecule has 160 valence electrons. The van der Waals surface area contributed by atoms with Gasteiger partial charge < -0.3 is 15.0 Å². The molecule has 0 unspecified atom stereocenters. The van der Waals surface area contributed by atoms with Crippen LogP contribution < -0.4 is 5.73 Å².